The summed E-state index contributed by atoms with van der Waals surface area (Å²) in [4.78, 5) is 30.7. The first kappa shape index (κ1) is 18.6. The van der Waals surface area contributed by atoms with Crippen molar-refractivity contribution in [1.29, 1.82) is 0 Å². The molecule has 0 N–H and O–H groups in total. The summed E-state index contributed by atoms with van der Waals surface area (Å²) in [6, 6.07) is 0.626. The minimum absolute atomic E-state index is 0.115. The molecule has 3 heterocycles. The number of nitrogens with zero attached hydrogens (tertiary/aromatic N) is 3. The fourth-order valence-electron chi connectivity index (χ4n) is 4.63. The molecule has 0 aliphatic carbocycles. The van der Waals surface area contributed by atoms with Gasteiger partial charge in [0, 0.05) is 65.3 Å². The summed E-state index contributed by atoms with van der Waals surface area (Å²) in [5.41, 5.74) is 0. The number of amides is 2. The number of carbonyl (C=O) groups is 2. The van der Waals surface area contributed by atoms with Crippen LogP contribution >= 0.6 is 0 Å². The molecule has 3 aliphatic heterocycles. The van der Waals surface area contributed by atoms with Gasteiger partial charge in [-0.05, 0) is 38.5 Å². The molecule has 0 aromatic carbocycles. The third kappa shape index (κ3) is 4.53. The van der Waals surface area contributed by atoms with Gasteiger partial charge >= 0.3 is 0 Å². The normalized spacial score (nSPS) is 25.4. The Bertz CT molecular complexity index is 461. The Balaban J connectivity index is 1.42. The van der Waals surface area contributed by atoms with Crippen LogP contribution < -0.4 is 0 Å². The highest BCUT2D eigenvalue weighted by molar-refractivity contribution is 5.79. The fourth-order valence-corrected chi connectivity index (χ4v) is 4.63. The second kappa shape index (κ2) is 8.49. The van der Waals surface area contributed by atoms with Crippen molar-refractivity contribution in [3.8, 4) is 0 Å². The molecule has 0 bridgehead atoms. The first-order valence-electron chi connectivity index (χ1n) is 9.89. The van der Waals surface area contributed by atoms with Crippen molar-refractivity contribution in [2.75, 3.05) is 46.4 Å². The topological polar surface area (TPSA) is 53.1 Å². The van der Waals surface area contributed by atoms with Crippen molar-refractivity contribution < 1.29 is 14.3 Å². The van der Waals surface area contributed by atoms with Crippen LogP contribution in [0.5, 0.6) is 0 Å². The van der Waals surface area contributed by atoms with Crippen LogP contribution in [-0.4, -0.2) is 85.0 Å². The standard InChI is InChI=1S/C19H33N3O3/c1-15(23)20-9-3-16(4-10-20)19(24)22-11-5-17(6-12-22)21-13-7-18(25-2)8-14-21/h16-18H,3-14H2,1-2H3. The zero-order valence-electron chi connectivity index (χ0n) is 15.8. The van der Waals surface area contributed by atoms with Gasteiger partial charge in [-0.2, -0.15) is 0 Å². The first-order chi connectivity index (χ1) is 12.1. The zero-order valence-corrected chi connectivity index (χ0v) is 15.8. The van der Waals surface area contributed by atoms with Gasteiger partial charge in [0.05, 0.1) is 6.10 Å². The van der Waals surface area contributed by atoms with E-state index in [-0.39, 0.29) is 11.8 Å². The van der Waals surface area contributed by atoms with Gasteiger partial charge in [0.15, 0.2) is 0 Å². The maximum atomic E-state index is 12.8. The van der Waals surface area contributed by atoms with Crippen LogP contribution in [0.15, 0.2) is 0 Å². The summed E-state index contributed by atoms with van der Waals surface area (Å²) in [5.74, 6) is 0.563. The minimum Gasteiger partial charge on any atom is -0.381 e. The van der Waals surface area contributed by atoms with Gasteiger partial charge in [0.1, 0.15) is 0 Å². The lowest BCUT2D eigenvalue weighted by Gasteiger charge is -2.42. The third-order valence-corrected chi connectivity index (χ3v) is 6.39. The van der Waals surface area contributed by atoms with Crippen LogP contribution in [0.1, 0.15) is 45.4 Å². The lowest BCUT2D eigenvalue weighted by atomic mass is 9.93. The van der Waals surface area contributed by atoms with Crippen molar-refractivity contribution in [2.24, 2.45) is 5.92 Å². The molecule has 142 valence electrons. The second-order valence-corrected chi connectivity index (χ2v) is 7.81. The number of piperidine rings is 3. The van der Waals surface area contributed by atoms with E-state index in [1.807, 2.05) is 12.0 Å². The minimum atomic E-state index is 0.115. The van der Waals surface area contributed by atoms with Crippen LogP contribution in [0.25, 0.3) is 0 Å². The Hall–Kier alpha value is -1.14. The number of methoxy groups -OCH3 is 1. The predicted octanol–water partition coefficient (Wildman–Crippen LogP) is 1.35. The average molecular weight is 351 g/mol. The maximum Gasteiger partial charge on any atom is 0.225 e. The Morgan fingerprint density at radius 3 is 1.88 bits per heavy atom. The molecule has 0 aromatic heterocycles. The molecule has 6 heteroatoms. The number of likely N-dealkylation sites (tertiary alicyclic amines) is 3. The SMILES string of the molecule is COC1CCN(C2CCN(C(=O)C3CCN(C(C)=O)CC3)CC2)CC1. The number of carbonyl (C=O) groups excluding carboxylic acids is 2. The van der Waals surface area contributed by atoms with Crippen molar-refractivity contribution >= 4 is 11.8 Å². The quantitative estimate of drug-likeness (QED) is 0.770. The number of ether oxygens (including phenoxy) is 1. The van der Waals surface area contributed by atoms with Crippen LogP contribution in [0.2, 0.25) is 0 Å². The van der Waals surface area contributed by atoms with E-state index in [9.17, 15) is 9.59 Å². The monoisotopic (exact) mass is 351 g/mol. The highest BCUT2D eigenvalue weighted by Crippen LogP contribution is 2.25. The van der Waals surface area contributed by atoms with Gasteiger partial charge in [-0.25, -0.2) is 0 Å². The van der Waals surface area contributed by atoms with E-state index in [0.717, 1.165) is 77.8 Å². The van der Waals surface area contributed by atoms with Gasteiger partial charge < -0.3 is 19.4 Å². The van der Waals surface area contributed by atoms with Crippen LogP contribution in [0, 0.1) is 5.92 Å². The summed E-state index contributed by atoms with van der Waals surface area (Å²) >= 11 is 0. The molecular formula is C19H33N3O3. The Kier molecular flexibility index (Phi) is 6.34. The van der Waals surface area contributed by atoms with E-state index in [0.29, 0.717) is 18.1 Å². The third-order valence-electron chi connectivity index (χ3n) is 6.39. The molecule has 3 saturated heterocycles. The molecule has 2 amide bonds. The molecule has 3 fully saturated rings. The maximum absolute atomic E-state index is 12.8. The van der Waals surface area contributed by atoms with Gasteiger partial charge in [0.25, 0.3) is 0 Å². The molecule has 0 atom stereocenters. The predicted molar refractivity (Wildman–Crippen MR) is 96.2 cm³/mol. The largest absolute Gasteiger partial charge is 0.381 e. The Morgan fingerprint density at radius 1 is 0.800 bits per heavy atom. The Morgan fingerprint density at radius 2 is 1.36 bits per heavy atom. The molecule has 3 aliphatic rings. The number of hydrogen-bond acceptors (Lipinski definition) is 4. The molecule has 3 rings (SSSR count). The van der Waals surface area contributed by atoms with Crippen molar-refractivity contribution in [3.63, 3.8) is 0 Å². The highest BCUT2D eigenvalue weighted by atomic mass is 16.5. The summed E-state index contributed by atoms with van der Waals surface area (Å²) < 4.78 is 5.46. The highest BCUT2D eigenvalue weighted by Gasteiger charge is 2.33. The fraction of sp³-hybridized carbons (Fsp3) is 0.895. The molecule has 0 spiro atoms. The van der Waals surface area contributed by atoms with Crippen LogP contribution in [-0.2, 0) is 14.3 Å². The van der Waals surface area contributed by atoms with E-state index in [4.69, 9.17) is 4.74 Å². The molecule has 0 radical (unpaired) electrons. The lowest BCUT2D eigenvalue weighted by molar-refractivity contribution is -0.141. The van der Waals surface area contributed by atoms with Crippen molar-refractivity contribution in [1.82, 2.24) is 14.7 Å². The molecule has 25 heavy (non-hydrogen) atoms. The summed E-state index contributed by atoms with van der Waals surface area (Å²) in [6.45, 7) is 7.11. The summed E-state index contributed by atoms with van der Waals surface area (Å²) in [7, 11) is 1.81. The van der Waals surface area contributed by atoms with Crippen LogP contribution in [0.4, 0.5) is 0 Å². The van der Waals surface area contributed by atoms with Gasteiger partial charge in [-0.3, -0.25) is 9.59 Å². The molecule has 0 aromatic rings. The molecule has 6 nitrogen and oxygen atoms in total. The first-order valence-corrected chi connectivity index (χ1v) is 9.89. The van der Waals surface area contributed by atoms with E-state index in [1.165, 1.54) is 0 Å². The van der Waals surface area contributed by atoms with Crippen molar-refractivity contribution in [2.45, 2.75) is 57.6 Å². The van der Waals surface area contributed by atoms with E-state index in [1.54, 1.807) is 6.92 Å². The molecule has 0 unspecified atom stereocenters. The zero-order chi connectivity index (χ0) is 17.8. The lowest BCUT2D eigenvalue weighted by Crippen LogP contribution is -2.51. The average Bonchev–Trinajstić information content (AvgIpc) is 2.67. The number of hydrogen-bond donors (Lipinski definition) is 0. The molecular weight excluding hydrogens is 318 g/mol. The van der Waals surface area contributed by atoms with Crippen LogP contribution in [0.3, 0.4) is 0 Å². The molecule has 0 saturated carbocycles. The summed E-state index contributed by atoms with van der Waals surface area (Å²) in [5, 5.41) is 0. The van der Waals surface area contributed by atoms with Crippen molar-refractivity contribution in [3.05, 3.63) is 0 Å². The van der Waals surface area contributed by atoms with Gasteiger partial charge in [-0.15, -0.1) is 0 Å². The number of rotatable bonds is 3. The second-order valence-electron chi connectivity index (χ2n) is 7.81. The Labute approximate surface area is 151 Å². The van der Waals surface area contributed by atoms with E-state index in [2.05, 4.69) is 9.80 Å². The smallest absolute Gasteiger partial charge is 0.225 e. The van der Waals surface area contributed by atoms with E-state index < -0.39 is 0 Å². The van der Waals surface area contributed by atoms with E-state index >= 15 is 0 Å². The van der Waals surface area contributed by atoms with Gasteiger partial charge in [-0.1, -0.05) is 0 Å². The van der Waals surface area contributed by atoms with Gasteiger partial charge in [0.2, 0.25) is 11.8 Å². The summed E-state index contributed by atoms with van der Waals surface area (Å²) in [6.07, 6.45) is 6.52.